The van der Waals surface area contributed by atoms with Gasteiger partial charge in [0.15, 0.2) is 0 Å². The van der Waals surface area contributed by atoms with Crippen molar-refractivity contribution >= 4 is 0 Å². The van der Waals surface area contributed by atoms with E-state index in [0.717, 1.165) is 23.8 Å². The van der Waals surface area contributed by atoms with E-state index in [1.54, 1.807) is 0 Å². The highest BCUT2D eigenvalue weighted by molar-refractivity contribution is 5.01. The molecule has 3 heteroatoms. The highest BCUT2D eigenvalue weighted by Crippen LogP contribution is 2.52. The summed E-state index contributed by atoms with van der Waals surface area (Å²) in [5.74, 6) is 2.74. The van der Waals surface area contributed by atoms with Gasteiger partial charge in [-0.05, 0) is 69.0 Å². The molecule has 25 heavy (non-hydrogen) atoms. The molecule has 0 amide bonds. The maximum Gasteiger partial charge on any atom is 0.0113 e. The van der Waals surface area contributed by atoms with Crippen LogP contribution in [0.5, 0.6) is 0 Å². The van der Waals surface area contributed by atoms with Crippen molar-refractivity contribution < 1.29 is 0 Å². The van der Waals surface area contributed by atoms with Crippen LogP contribution in [0.2, 0.25) is 0 Å². The van der Waals surface area contributed by atoms with Gasteiger partial charge in [-0.15, -0.1) is 0 Å². The van der Waals surface area contributed by atoms with Gasteiger partial charge in [0.05, 0.1) is 0 Å². The lowest BCUT2D eigenvalue weighted by Crippen LogP contribution is -2.56. The van der Waals surface area contributed by atoms with Gasteiger partial charge in [0.25, 0.3) is 0 Å². The van der Waals surface area contributed by atoms with E-state index in [2.05, 4.69) is 49.4 Å². The maximum absolute atomic E-state index is 2.79. The Morgan fingerprint density at radius 2 is 1.68 bits per heavy atom. The molecule has 3 rings (SSSR count). The molecule has 0 radical (unpaired) electrons. The predicted molar refractivity (Wildman–Crippen MR) is 108 cm³/mol. The molecule has 2 atom stereocenters. The number of nitrogens with zero attached hydrogens (tertiary/aromatic N) is 3. The summed E-state index contributed by atoms with van der Waals surface area (Å²) in [4.78, 5) is 8.03. The van der Waals surface area contributed by atoms with Gasteiger partial charge in [0.2, 0.25) is 0 Å². The molecule has 0 N–H and O–H groups in total. The molecular weight excluding hydrogens is 306 g/mol. The number of hydrogen-bond acceptors (Lipinski definition) is 3. The lowest BCUT2D eigenvalue weighted by molar-refractivity contribution is -0.0386. The Morgan fingerprint density at radius 3 is 2.28 bits per heavy atom. The summed E-state index contributed by atoms with van der Waals surface area (Å²) in [6.07, 6.45) is 7.12. The van der Waals surface area contributed by atoms with Gasteiger partial charge in [0.1, 0.15) is 0 Å². The average Bonchev–Trinajstić information content (AvgIpc) is 3.02. The first kappa shape index (κ1) is 19.6. The van der Waals surface area contributed by atoms with Gasteiger partial charge in [-0.25, -0.2) is 0 Å². The summed E-state index contributed by atoms with van der Waals surface area (Å²) >= 11 is 0. The van der Waals surface area contributed by atoms with Crippen molar-refractivity contribution in [1.29, 1.82) is 0 Å². The summed E-state index contributed by atoms with van der Waals surface area (Å²) in [5, 5.41) is 0. The maximum atomic E-state index is 2.79. The first-order valence-corrected chi connectivity index (χ1v) is 11.1. The van der Waals surface area contributed by atoms with Crippen LogP contribution in [0.1, 0.15) is 59.8 Å². The second-order valence-electron chi connectivity index (χ2n) is 9.99. The Labute approximate surface area is 157 Å². The summed E-state index contributed by atoms with van der Waals surface area (Å²) < 4.78 is 0. The van der Waals surface area contributed by atoms with Crippen LogP contribution >= 0.6 is 0 Å². The van der Waals surface area contributed by atoms with Gasteiger partial charge in [-0.3, -0.25) is 4.90 Å². The predicted octanol–water partition coefficient (Wildman–Crippen LogP) is 3.80. The Hall–Kier alpha value is -0.120. The standard InChI is InChI=1S/C22H43N3/c1-6-22(4,19-8-10-24(17-19)9-7-18(2)3)20-15-21(16-20)25-13-11-23(5)12-14-25/h18-21H,6-17H2,1-5H3/t19?,20-,21+,22?. The first-order valence-electron chi connectivity index (χ1n) is 11.1. The Morgan fingerprint density at radius 1 is 1.00 bits per heavy atom. The van der Waals surface area contributed by atoms with Crippen LogP contribution in [0.3, 0.4) is 0 Å². The van der Waals surface area contributed by atoms with E-state index >= 15 is 0 Å². The molecule has 3 aliphatic rings. The number of likely N-dealkylation sites (tertiary alicyclic amines) is 1. The monoisotopic (exact) mass is 349 g/mol. The minimum absolute atomic E-state index is 0.579. The Kier molecular flexibility index (Phi) is 6.50. The Balaban J connectivity index is 1.49. The molecule has 2 aliphatic heterocycles. The van der Waals surface area contributed by atoms with E-state index in [-0.39, 0.29) is 0 Å². The van der Waals surface area contributed by atoms with Gasteiger partial charge < -0.3 is 9.80 Å². The fraction of sp³-hybridized carbons (Fsp3) is 1.00. The van der Waals surface area contributed by atoms with Crippen molar-refractivity contribution in [3.05, 3.63) is 0 Å². The Bertz CT molecular complexity index is 409. The molecular formula is C22H43N3. The van der Waals surface area contributed by atoms with E-state index in [0.29, 0.717) is 5.41 Å². The van der Waals surface area contributed by atoms with E-state index < -0.39 is 0 Å². The smallest absolute Gasteiger partial charge is 0.0113 e. The van der Waals surface area contributed by atoms with Crippen molar-refractivity contribution in [1.82, 2.24) is 14.7 Å². The molecule has 3 fully saturated rings. The molecule has 2 heterocycles. The third-order valence-corrected chi connectivity index (χ3v) is 8.09. The lowest BCUT2D eigenvalue weighted by Gasteiger charge is -2.54. The average molecular weight is 350 g/mol. The minimum atomic E-state index is 0.579. The van der Waals surface area contributed by atoms with Gasteiger partial charge >= 0.3 is 0 Å². The molecule has 0 aromatic rings. The molecule has 2 saturated heterocycles. The number of likely N-dealkylation sites (N-methyl/N-ethyl adjacent to an activating group) is 1. The topological polar surface area (TPSA) is 9.72 Å². The fourth-order valence-corrected chi connectivity index (χ4v) is 5.54. The molecule has 0 spiro atoms. The highest BCUT2D eigenvalue weighted by Gasteiger charge is 2.49. The van der Waals surface area contributed by atoms with Crippen LogP contribution in [0.4, 0.5) is 0 Å². The van der Waals surface area contributed by atoms with Crippen molar-refractivity contribution in [3.63, 3.8) is 0 Å². The molecule has 2 unspecified atom stereocenters. The zero-order chi connectivity index (χ0) is 18.0. The quantitative estimate of drug-likeness (QED) is 0.692. The van der Waals surface area contributed by atoms with E-state index in [4.69, 9.17) is 0 Å². The molecule has 0 aromatic carbocycles. The van der Waals surface area contributed by atoms with Crippen molar-refractivity contribution in [2.75, 3.05) is 52.9 Å². The molecule has 0 aromatic heterocycles. The normalized spacial score (nSPS) is 35.0. The molecule has 146 valence electrons. The van der Waals surface area contributed by atoms with E-state index in [9.17, 15) is 0 Å². The number of piperazine rings is 1. The van der Waals surface area contributed by atoms with Crippen molar-refractivity contribution in [2.24, 2.45) is 23.2 Å². The second kappa shape index (κ2) is 8.27. The zero-order valence-electron chi connectivity index (χ0n) is 17.6. The minimum Gasteiger partial charge on any atom is -0.304 e. The largest absolute Gasteiger partial charge is 0.304 e. The van der Waals surface area contributed by atoms with Crippen LogP contribution in [0, 0.1) is 23.2 Å². The molecule has 1 saturated carbocycles. The lowest BCUT2D eigenvalue weighted by atomic mass is 9.57. The van der Waals surface area contributed by atoms with Crippen molar-refractivity contribution in [3.8, 4) is 0 Å². The first-order chi connectivity index (χ1) is 11.9. The van der Waals surface area contributed by atoms with Crippen LogP contribution < -0.4 is 0 Å². The highest BCUT2D eigenvalue weighted by atomic mass is 15.3. The van der Waals surface area contributed by atoms with E-state index in [1.165, 1.54) is 77.9 Å². The molecule has 3 nitrogen and oxygen atoms in total. The zero-order valence-corrected chi connectivity index (χ0v) is 17.6. The third-order valence-electron chi connectivity index (χ3n) is 8.09. The fourth-order valence-electron chi connectivity index (χ4n) is 5.54. The molecule has 1 aliphatic carbocycles. The van der Waals surface area contributed by atoms with Crippen LogP contribution in [0.25, 0.3) is 0 Å². The third kappa shape index (κ3) is 4.42. The van der Waals surface area contributed by atoms with Gasteiger partial charge in [-0.2, -0.15) is 0 Å². The van der Waals surface area contributed by atoms with Gasteiger partial charge in [-0.1, -0.05) is 34.1 Å². The van der Waals surface area contributed by atoms with Crippen LogP contribution in [-0.2, 0) is 0 Å². The van der Waals surface area contributed by atoms with Crippen LogP contribution in [0.15, 0.2) is 0 Å². The second-order valence-corrected chi connectivity index (χ2v) is 9.99. The van der Waals surface area contributed by atoms with Crippen LogP contribution in [-0.4, -0.2) is 73.6 Å². The number of rotatable bonds is 7. The summed E-state index contributed by atoms with van der Waals surface area (Å²) in [6.45, 7) is 19.0. The summed E-state index contributed by atoms with van der Waals surface area (Å²) in [6, 6.07) is 0.892. The SMILES string of the molecule is CCC(C)(C1CCN(CCC(C)C)C1)[C@H]1C[C@@H](N2CCN(C)CC2)C1. The van der Waals surface area contributed by atoms with Crippen molar-refractivity contribution in [2.45, 2.75) is 65.8 Å². The van der Waals surface area contributed by atoms with E-state index in [1.807, 2.05) is 0 Å². The summed E-state index contributed by atoms with van der Waals surface area (Å²) in [5.41, 5.74) is 0.579. The summed E-state index contributed by atoms with van der Waals surface area (Å²) in [7, 11) is 2.26. The molecule has 0 bridgehead atoms. The van der Waals surface area contributed by atoms with Gasteiger partial charge in [0, 0.05) is 38.8 Å². The number of hydrogen-bond donors (Lipinski definition) is 0.